The maximum Gasteiger partial charge on any atom is 0.254 e. The van der Waals surface area contributed by atoms with E-state index in [4.69, 9.17) is 4.74 Å². The Morgan fingerprint density at radius 1 is 1.02 bits per heavy atom. The molecule has 1 fully saturated rings. The number of likely N-dealkylation sites (tertiary alicyclic amines) is 1. The molecule has 0 aromatic heterocycles. The van der Waals surface area contributed by atoms with Gasteiger partial charge in [-0.05, 0) is 73.7 Å². The first-order valence-electron chi connectivity index (χ1n) is 14.1. The average molecular weight is 572 g/mol. The summed E-state index contributed by atoms with van der Waals surface area (Å²) in [6.07, 6.45) is 2.39. The van der Waals surface area contributed by atoms with E-state index in [9.17, 15) is 24.3 Å². The number of amides is 3. The minimum absolute atomic E-state index is 0.0912. The van der Waals surface area contributed by atoms with E-state index in [1.807, 2.05) is 48.5 Å². The molecule has 0 bridgehead atoms. The molecular weight excluding hydrogens is 534 g/mol. The number of aldehydes is 1. The molecule has 3 aromatic rings. The van der Waals surface area contributed by atoms with Crippen LogP contribution in [-0.4, -0.2) is 65.6 Å². The highest BCUT2D eigenvalue weighted by Crippen LogP contribution is 2.34. The van der Waals surface area contributed by atoms with Crippen molar-refractivity contribution in [1.29, 1.82) is 0 Å². The van der Waals surface area contributed by atoms with Crippen molar-refractivity contribution in [2.24, 2.45) is 0 Å². The average Bonchev–Trinajstić information content (AvgIpc) is 3.01. The highest BCUT2D eigenvalue weighted by molar-refractivity contribution is 6.01. The molecule has 0 saturated carbocycles. The number of carbonyl (C=O) groups excluding carboxylic acids is 4. The van der Waals surface area contributed by atoms with Crippen molar-refractivity contribution >= 4 is 24.5 Å². The Balaban J connectivity index is 1.37. The van der Waals surface area contributed by atoms with Gasteiger partial charge in [-0.3, -0.25) is 29.4 Å². The lowest BCUT2D eigenvalue weighted by molar-refractivity contribution is -0.125. The fraction of sp³-hybridized carbons (Fsp3) is 0.333. The van der Waals surface area contributed by atoms with Crippen LogP contribution >= 0.6 is 0 Å². The third-order valence-electron chi connectivity index (χ3n) is 7.90. The van der Waals surface area contributed by atoms with Gasteiger partial charge in [-0.2, -0.15) is 0 Å². The predicted molar refractivity (Wildman–Crippen MR) is 158 cm³/mol. The first-order valence-corrected chi connectivity index (χ1v) is 14.1. The lowest BCUT2D eigenvalue weighted by Gasteiger charge is -2.39. The Hall–Kier alpha value is -4.34. The van der Waals surface area contributed by atoms with Crippen LogP contribution in [0.25, 0.3) is 0 Å². The molecule has 1 unspecified atom stereocenters. The predicted octanol–water partition coefficient (Wildman–Crippen LogP) is 4.29. The monoisotopic (exact) mass is 571 g/mol. The van der Waals surface area contributed by atoms with Crippen LogP contribution in [0.4, 0.5) is 0 Å². The van der Waals surface area contributed by atoms with Crippen LogP contribution in [0, 0.1) is 0 Å². The van der Waals surface area contributed by atoms with Crippen LogP contribution in [-0.2, 0) is 21.7 Å². The molecule has 1 atom stereocenters. The number of carbonyl (C=O) groups is 4. The van der Waals surface area contributed by atoms with Gasteiger partial charge in [0.1, 0.15) is 11.5 Å². The molecule has 4 rings (SSSR count). The van der Waals surface area contributed by atoms with Gasteiger partial charge in [0, 0.05) is 44.7 Å². The normalized spacial score (nSPS) is 15.3. The van der Waals surface area contributed by atoms with Crippen molar-refractivity contribution < 1.29 is 29.0 Å². The summed E-state index contributed by atoms with van der Waals surface area (Å²) in [6.45, 7) is 3.84. The first kappa shape index (κ1) is 30.6. The summed E-state index contributed by atoms with van der Waals surface area (Å²) in [5, 5.41) is 13.6. The zero-order chi connectivity index (χ0) is 30.1. The lowest BCUT2D eigenvalue weighted by Crippen LogP contribution is -2.42. The van der Waals surface area contributed by atoms with E-state index in [1.165, 1.54) is 4.90 Å². The van der Waals surface area contributed by atoms with Crippen LogP contribution in [0.15, 0.2) is 72.8 Å². The number of para-hydroxylation sites is 1. The summed E-state index contributed by atoms with van der Waals surface area (Å²) in [7, 11) is 1.61. The molecule has 1 aliphatic heterocycles. The van der Waals surface area contributed by atoms with E-state index < -0.39 is 11.5 Å². The minimum atomic E-state index is -1.11. The van der Waals surface area contributed by atoms with Gasteiger partial charge in [0.25, 0.3) is 5.91 Å². The van der Waals surface area contributed by atoms with Gasteiger partial charge in [-0.15, -0.1) is 0 Å². The van der Waals surface area contributed by atoms with Crippen LogP contribution < -0.4 is 10.1 Å². The lowest BCUT2D eigenvalue weighted by atomic mass is 9.83. The van der Waals surface area contributed by atoms with Crippen molar-refractivity contribution in [3.8, 4) is 11.5 Å². The summed E-state index contributed by atoms with van der Waals surface area (Å²) < 4.78 is 5.96. The molecule has 220 valence electrons. The highest BCUT2D eigenvalue weighted by atomic mass is 16.5. The minimum Gasteiger partial charge on any atom is -0.457 e. The topological polar surface area (TPSA) is 116 Å². The number of aliphatic hydroxyl groups is 1. The second-order valence-electron chi connectivity index (χ2n) is 10.8. The Morgan fingerprint density at radius 3 is 2.43 bits per heavy atom. The Morgan fingerprint density at radius 2 is 1.74 bits per heavy atom. The van der Waals surface area contributed by atoms with Gasteiger partial charge in [-0.25, -0.2) is 0 Å². The van der Waals surface area contributed by atoms with Gasteiger partial charge in [-0.1, -0.05) is 36.4 Å². The van der Waals surface area contributed by atoms with Crippen molar-refractivity contribution in [3.63, 3.8) is 0 Å². The SMILES string of the molecule is CC(CCC(=O)NC=O)N(C)C(=O)c1ccc(C2(O)CCN(Cc3cccc(Oc4ccccc4)c3)CC2)cc1C=O. The summed E-state index contributed by atoms with van der Waals surface area (Å²) in [4.78, 5) is 50.9. The maximum absolute atomic E-state index is 13.2. The molecular formula is C33H37N3O6. The number of rotatable bonds is 12. The summed E-state index contributed by atoms with van der Waals surface area (Å²) in [5.41, 5.74) is 1.06. The molecule has 1 aliphatic rings. The smallest absolute Gasteiger partial charge is 0.254 e. The van der Waals surface area contributed by atoms with E-state index in [1.54, 1.807) is 32.2 Å². The maximum atomic E-state index is 13.2. The number of hydrogen-bond acceptors (Lipinski definition) is 7. The Kier molecular flexibility index (Phi) is 10.2. The van der Waals surface area contributed by atoms with Crippen molar-refractivity contribution in [2.75, 3.05) is 20.1 Å². The van der Waals surface area contributed by atoms with E-state index in [2.05, 4.69) is 16.3 Å². The van der Waals surface area contributed by atoms with Crippen molar-refractivity contribution in [2.45, 2.75) is 50.8 Å². The third-order valence-corrected chi connectivity index (χ3v) is 7.90. The van der Waals surface area contributed by atoms with Crippen LogP contribution in [0.5, 0.6) is 11.5 Å². The Labute approximate surface area is 246 Å². The largest absolute Gasteiger partial charge is 0.457 e. The quantitative estimate of drug-likeness (QED) is 0.312. The molecule has 0 spiro atoms. The second kappa shape index (κ2) is 14.0. The first-order chi connectivity index (χ1) is 20.2. The molecule has 9 nitrogen and oxygen atoms in total. The van der Waals surface area contributed by atoms with Crippen LogP contribution in [0.1, 0.15) is 64.4 Å². The third kappa shape index (κ3) is 7.69. The van der Waals surface area contributed by atoms with E-state index in [0.717, 1.165) is 23.6 Å². The number of imide groups is 1. The number of hydrogen-bond donors (Lipinski definition) is 2. The van der Waals surface area contributed by atoms with Crippen molar-refractivity contribution in [1.82, 2.24) is 15.1 Å². The van der Waals surface area contributed by atoms with Gasteiger partial charge in [0.2, 0.25) is 12.3 Å². The standard InChI is InChI=1S/C33H37N3O6/c1-24(11-14-31(39)34-23-38)35(2)32(40)30-13-12-27(20-26(30)22-37)33(41)15-17-36(18-16-33)21-25-7-6-10-29(19-25)42-28-8-4-3-5-9-28/h3-10,12-13,19-20,22-24,41H,11,14-18,21H2,1-2H3,(H,34,38,39). The van der Waals surface area contributed by atoms with Gasteiger partial charge in [0.05, 0.1) is 11.2 Å². The Bertz CT molecular complexity index is 1400. The second-order valence-corrected chi connectivity index (χ2v) is 10.8. The molecule has 9 heteroatoms. The molecule has 0 aliphatic carbocycles. The number of piperidine rings is 1. The van der Waals surface area contributed by atoms with Crippen molar-refractivity contribution in [3.05, 3.63) is 95.1 Å². The fourth-order valence-corrected chi connectivity index (χ4v) is 5.17. The van der Waals surface area contributed by atoms with Crippen LogP contribution in [0.3, 0.4) is 0 Å². The fourth-order valence-electron chi connectivity index (χ4n) is 5.17. The molecule has 1 heterocycles. The van der Waals surface area contributed by atoms with E-state index in [-0.39, 0.29) is 29.5 Å². The molecule has 3 amide bonds. The zero-order valence-electron chi connectivity index (χ0n) is 24.0. The van der Waals surface area contributed by atoms with Gasteiger partial charge in [0.15, 0.2) is 6.29 Å². The van der Waals surface area contributed by atoms with E-state index >= 15 is 0 Å². The van der Waals surface area contributed by atoms with Gasteiger partial charge < -0.3 is 14.7 Å². The number of nitrogens with zero attached hydrogens (tertiary/aromatic N) is 2. The summed E-state index contributed by atoms with van der Waals surface area (Å²) in [5.74, 6) is 0.779. The molecule has 3 aromatic carbocycles. The zero-order valence-corrected chi connectivity index (χ0v) is 24.0. The van der Waals surface area contributed by atoms with Crippen LogP contribution in [0.2, 0.25) is 0 Å². The molecule has 42 heavy (non-hydrogen) atoms. The molecule has 0 radical (unpaired) electrons. The molecule has 1 saturated heterocycles. The number of benzene rings is 3. The van der Waals surface area contributed by atoms with E-state index in [0.29, 0.717) is 50.6 Å². The number of ether oxygens (including phenoxy) is 1. The molecule has 2 N–H and O–H groups in total. The summed E-state index contributed by atoms with van der Waals surface area (Å²) >= 11 is 0. The summed E-state index contributed by atoms with van der Waals surface area (Å²) in [6, 6.07) is 22.2. The highest BCUT2D eigenvalue weighted by Gasteiger charge is 2.35. The van der Waals surface area contributed by atoms with Gasteiger partial charge >= 0.3 is 0 Å². The number of nitrogens with one attached hydrogen (secondary N) is 1.